The lowest BCUT2D eigenvalue weighted by atomic mass is 10.2. The molecule has 15 heavy (non-hydrogen) atoms. The van der Waals surface area contributed by atoms with Gasteiger partial charge in [0.15, 0.2) is 0 Å². The van der Waals surface area contributed by atoms with Crippen molar-refractivity contribution in [2.24, 2.45) is 10.7 Å². The molecule has 0 fully saturated rings. The van der Waals surface area contributed by atoms with E-state index in [2.05, 4.69) is 20.9 Å². The summed E-state index contributed by atoms with van der Waals surface area (Å²) >= 11 is 3.48. The highest BCUT2D eigenvalue weighted by Gasteiger charge is 2.20. The first-order chi connectivity index (χ1) is 7.31. The molecule has 0 radical (unpaired) electrons. The van der Waals surface area contributed by atoms with Gasteiger partial charge in [0.2, 0.25) is 5.90 Å². The van der Waals surface area contributed by atoms with E-state index in [0.29, 0.717) is 13.2 Å². The van der Waals surface area contributed by atoms with Crippen LogP contribution in [0.25, 0.3) is 0 Å². The SMILES string of the molecule is NCCC1COC(c2ccccc2Br)=N1. The van der Waals surface area contributed by atoms with E-state index in [4.69, 9.17) is 10.5 Å². The molecule has 1 unspecified atom stereocenters. The van der Waals surface area contributed by atoms with Gasteiger partial charge in [0.05, 0.1) is 11.6 Å². The Morgan fingerprint density at radius 1 is 1.47 bits per heavy atom. The summed E-state index contributed by atoms with van der Waals surface area (Å²) in [6, 6.07) is 8.14. The maximum Gasteiger partial charge on any atom is 0.217 e. The lowest BCUT2D eigenvalue weighted by molar-refractivity contribution is 0.313. The Labute approximate surface area is 97.5 Å². The molecule has 1 aliphatic rings. The lowest BCUT2D eigenvalue weighted by Crippen LogP contribution is -2.12. The van der Waals surface area contributed by atoms with E-state index in [1.54, 1.807) is 0 Å². The van der Waals surface area contributed by atoms with Crippen LogP contribution < -0.4 is 5.73 Å². The standard InChI is InChI=1S/C11H13BrN2O/c12-10-4-2-1-3-9(10)11-14-8(5-6-13)7-15-11/h1-4,8H,5-7,13H2. The van der Waals surface area contributed by atoms with Gasteiger partial charge in [0.25, 0.3) is 0 Å². The molecule has 1 aromatic rings. The number of benzene rings is 1. The van der Waals surface area contributed by atoms with Gasteiger partial charge in [-0.05, 0) is 41.0 Å². The van der Waals surface area contributed by atoms with Crippen molar-refractivity contribution in [1.82, 2.24) is 0 Å². The highest BCUT2D eigenvalue weighted by Crippen LogP contribution is 2.21. The topological polar surface area (TPSA) is 47.6 Å². The van der Waals surface area contributed by atoms with Gasteiger partial charge in [-0.15, -0.1) is 0 Å². The highest BCUT2D eigenvalue weighted by atomic mass is 79.9. The summed E-state index contributed by atoms with van der Waals surface area (Å²) in [5.74, 6) is 0.723. The molecule has 1 atom stereocenters. The fraction of sp³-hybridized carbons (Fsp3) is 0.364. The smallest absolute Gasteiger partial charge is 0.217 e. The van der Waals surface area contributed by atoms with E-state index in [-0.39, 0.29) is 6.04 Å². The molecule has 3 nitrogen and oxygen atoms in total. The first-order valence-corrected chi connectivity index (χ1v) is 5.76. The molecular weight excluding hydrogens is 256 g/mol. The Bertz CT molecular complexity index is 379. The molecule has 1 aliphatic heterocycles. The van der Waals surface area contributed by atoms with Gasteiger partial charge in [-0.2, -0.15) is 0 Å². The molecule has 0 spiro atoms. The second kappa shape index (κ2) is 4.77. The number of hydrogen-bond acceptors (Lipinski definition) is 3. The van der Waals surface area contributed by atoms with Gasteiger partial charge in [0.1, 0.15) is 6.61 Å². The van der Waals surface area contributed by atoms with E-state index in [1.165, 1.54) is 0 Å². The molecule has 0 saturated carbocycles. The average molecular weight is 269 g/mol. The molecule has 1 heterocycles. The van der Waals surface area contributed by atoms with Crippen LogP contribution in [0.1, 0.15) is 12.0 Å². The summed E-state index contributed by atoms with van der Waals surface area (Å²) in [5, 5.41) is 0. The molecule has 0 aliphatic carbocycles. The Balaban J connectivity index is 2.19. The van der Waals surface area contributed by atoms with Gasteiger partial charge in [-0.25, -0.2) is 4.99 Å². The number of hydrogen-bond donors (Lipinski definition) is 1. The normalized spacial score (nSPS) is 19.9. The van der Waals surface area contributed by atoms with Crippen LogP contribution in [0, 0.1) is 0 Å². The van der Waals surface area contributed by atoms with Crippen LogP contribution >= 0.6 is 15.9 Å². The Morgan fingerprint density at radius 2 is 2.27 bits per heavy atom. The van der Waals surface area contributed by atoms with Crippen LogP contribution in [0.3, 0.4) is 0 Å². The van der Waals surface area contributed by atoms with Gasteiger partial charge < -0.3 is 10.5 Å². The van der Waals surface area contributed by atoms with Crippen molar-refractivity contribution >= 4 is 21.8 Å². The van der Waals surface area contributed by atoms with Crippen LogP contribution in [0.4, 0.5) is 0 Å². The van der Waals surface area contributed by atoms with Gasteiger partial charge >= 0.3 is 0 Å². The van der Waals surface area contributed by atoms with E-state index in [9.17, 15) is 0 Å². The zero-order chi connectivity index (χ0) is 10.7. The predicted octanol–water partition coefficient (Wildman–Crippen LogP) is 1.94. The highest BCUT2D eigenvalue weighted by molar-refractivity contribution is 9.10. The largest absolute Gasteiger partial charge is 0.475 e. The molecule has 0 amide bonds. The number of nitrogens with zero attached hydrogens (tertiary/aromatic N) is 1. The van der Waals surface area contributed by atoms with E-state index in [1.807, 2.05) is 24.3 Å². The van der Waals surface area contributed by atoms with Crippen LogP contribution in [0.2, 0.25) is 0 Å². The second-order valence-electron chi connectivity index (χ2n) is 3.46. The number of rotatable bonds is 3. The number of nitrogens with two attached hydrogens (primary N) is 1. The number of halogens is 1. The van der Waals surface area contributed by atoms with Crippen LogP contribution in [-0.2, 0) is 4.74 Å². The third kappa shape index (κ3) is 2.38. The zero-order valence-electron chi connectivity index (χ0n) is 8.32. The monoisotopic (exact) mass is 268 g/mol. The van der Waals surface area contributed by atoms with Crippen LogP contribution in [0.5, 0.6) is 0 Å². The maximum absolute atomic E-state index is 5.55. The van der Waals surface area contributed by atoms with Crippen molar-refractivity contribution in [2.45, 2.75) is 12.5 Å². The maximum atomic E-state index is 5.55. The van der Waals surface area contributed by atoms with Crippen molar-refractivity contribution in [1.29, 1.82) is 0 Å². The third-order valence-corrected chi connectivity index (χ3v) is 3.01. The second-order valence-corrected chi connectivity index (χ2v) is 4.31. The van der Waals surface area contributed by atoms with Crippen LogP contribution in [0.15, 0.2) is 33.7 Å². The average Bonchev–Trinajstić information content (AvgIpc) is 2.68. The zero-order valence-corrected chi connectivity index (χ0v) is 9.90. The quantitative estimate of drug-likeness (QED) is 0.911. The third-order valence-electron chi connectivity index (χ3n) is 2.32. The van der Waals surface area contributed by atoms with E-state index in [0.717, 1.165) is 22.4 Å². The predicted molar refractivity (Wildman–Crippen MR) is 64.1 cm³/mol. The summed E-state index contributed by atoms with van der Waals surface area (Å²) in [4.78, 5) is 4.49. The van der Waals surface area contributed by atoms with Gasteiger partial charge in [-0.3, -0.25) is 0 Å². The van der Waals surface area contributed by atoms with Crippen molar-refractivity contribution < 1.29 is 4.74 Å². The molecular formula is C11H13BrN2O. The van der Waals surface area contributed by atoms with Crippen molar-refractivity contribution in [3.63, 3.8) is 0 Å². The van der Waals surface area contributed by atoms with Crippen LogP contribution in [-0.4, -0.2) is 25.1 Å². The summed E-state index contributed by atoms with van der Waals surface area (Å²) in [6.45, 7) is 1.30. The summed E-state index contributed by atoms with van der Waals surface area (Å²) in [7, 11) is 0. The lowest BCUT2D eigenvalue weighted by Gasteiger charge is -2.02. The summed E-state index contributed by atoms with van der Waals surface area (Å²) in [6.07, 6.45) is 0.883. The van der Waals surface area contributed by atoms with E-state index >= 15 is 0 Å². The minimum Gasteiger partial charge on any atom is -0.475 e. The molecule has 80 valence electrons. The molecule has 2 rings (SSSR count). The minimum atomic E-state index is 0.220. The fourth-order valence-electron chi connectivity index (χ4n) is 1.54. The van der Waals surface area contributed by atoms with Gasteiger partial charge in [0, 0.05) is 4.47 Å². The molecule has 4 heteroatoms. The van der Waals surface area contributed by atoms with Gasteiger partial charge in [-0.1, -0.05) is 12.1 Å². The minimum absolute atomic E-state index is 0.220. The first-order valence-electron chi connectivity index (χ1n) is 4.97. The van der Waals surface area contributed by atoms with E-state index < -0.39 is 0 Å². The Morgan fingerprint density at radius 3 is 3.00 bits per heavy atom. The molecule has 0 saturated heterocycles. The molecule has 0 bridgehead atoms. The fourth-order valence-corrected chi connectivity index (χ4v) is 1.99. The van der Waals surface area contributed by atoms with Crippen molar-refractivity contribution in [3.8, 4) is 0 Å². The van der Waals surface area contributed by atoms with Crippen molar-refractivity contribution in [3.05, 3.63) is 34.3 Å². The molecule has 1 aromatic carbocycles. The Kier molecular flexibility index (Phi) is 3.38. The number of ether oxygens (including phenoxy) is 1. The Hall–Kier alpha value is -0.870. The summed E-state index contributed by atoms with van der Waals surface area (Å²) < 4.78 is 6.56. The number of aliphatic imine (C=N–C) groups is 1. The summed E-state index contributed by atoms with van der Waals surface area (Å²) in [5.41, 5.74) is 6.50. The molecule has 2 N–H and O–H groups in total. The first kappa shape index (κ1) is 10.6. The molecule has 0 aromatic heterocycles. The van der Waals surface area contributed by atoms with Crippen molar-refractivity contribution in [2.75, 3.05) is 13.2 Å².